The highest BCUT2D eigenvalue weighted by molar-refractivity contribution is 7.87. The molecule has 1 N–H and O–H groups in total. The molecule has 1 atom stereocenters. The van der Waals surface area contributed by atoms with E-state index in [1.807, 2.05) is 6.07 Å². The van der Waals surface area contributed by atoms with Crippen molar-refractivity contribution in [2.45, 2.75) is 38.6 Å². The number of nitrogens with one attached hydrogen (secondary N) is 1. The number of hydrogen-bond donors (Lipinski definition) is 1. The van der Waals surface area contributed by atoms with Crippen LogP contribution in [0.25, 0.3) is 11.4 Å². The van der Waals surface area contributed by atoms with Gasteiger partial charge in [-0.25, -0.2) is 0 Å². The fraction of sp³-hybridized carbons (Fsp3) is 0.533. The standard InChI is InChI=1S/C15H21N5O3S/c1-12(19-24(21,22)20-9-4-2-3-5-10-20)15-17-14(18-23-15)13-7-6-8-16-11-13/h6-8,11-12,19H,2-5,9-10H2,1H3. The summed E-state index contributed by atoms with van der Waals surface area (Å²) in [5, 5.41) is 3.89. The summed E-state index contributed by atoms with van der Waals surface area (Å²) in [7, 11) is -3.57. The van der Waals surface area contributed by atoms with Crippen molar-refractivity contribution in [1.29, 1.82) is 0 Å². The van der Waals surface area contributed by atoms with Gasteiger partial charge in [0, 0.05) is 31.0 Å². The second kappa shape index (κ2) is 7.37. The second-order valence-corrected chi connectivity index (χ2v) is 7.56. The Morgan fingerprint density at radius 2 is 2.00 bits per heavy atom. The number of hydrogen-bond acceptors (Lipinski definition) is 6. The molecular weight excluding hydrogens is 330 g/mol. The van der Waals surface area contributed by atoms with Gasteiger partial charge in [0.2, 0.25) is 11.7 Å². The molecule has 8 nitrogen and oxygen atoms in total. The normalized spacial score (nSPS) is 18.2. The van der Waals surface area contributed by atoms with Crippen LogP contribution in [0.4, 0.5) is 0 Å². The van der Waals surface area contributed by atoms with E-state index in [2.05, 4.69) is 19.8 Å². The Morgan fingerprint density at radius 1 is 1.25 bits per heavy atom. The van der Waals surface area contributed by atoms with Gasteiger partial charge < -0.3 is 4.52 Å². The van der Waals surface area contributed by atoms with E-state index in [4.69, 9.17) is 4.52 Å². The molecule has 9 heteroatoms. The third kappa shape index (κ3) is 3.97. The van der Waals surface area contributed by atoms with E-state index in [0.29, 0.717) is 18.9 Å². The lowest BCUT2D eigenvalue weighted by Gasteiger charge is -2.21. The molecule has 0 aromatic carbocycles. The van der Waals surface area contributed by atoms with E-state index in [1.54, 1.807) is 25.4 Å². The summed E-state index contributed by atoms with van der Waals surface area (Å²) >= 11 is 0. The van der Waals surface area contributed by atoms with E-state index >= 15 is 0 Å². The molecule has 1 unspecified atom stereocenters. The van der Waals surface area contributed by atoms with E-state index in [9.17, 15) is 8.42 Å². The van der Waals surface area contributed by atoms with Crippen molar-refractivity contribution in [3.05, 3.63) is 30.4 Å². The van der Waals surface area contributed by atoms with Crippen molar-refractivity contribution < 1.29 is 12.9 Å². The third-order valence-electron chi connectivity index (χ3n) is 3.96. The first kappa shape index (κ1) is 17.0. The highest BCUT2D eigenvalue weighted by atomic mass is 32.2. The molecule has 0 spiro atoms. The quantitative estimate of drug-likeness (QED) is 0.883. The minimum atomic E-state index is -3.57. The van der Waals surface area contributed by atoms with Crippen LogP contribution < -0.4 is 4.72 Å². The van der Waals surface area contributed by atoms with Crippen molar-refractivity contribution in [3.63, 3.8) is 0 Å². The van der Waals surface area contributed by atoms with Crippen LogP contribution >= 0.6 is 0 Å². The Bertz CT molecular complexity index is 754. The molecule has 3 rings (SSSR count). The zero-order valence-electron chi connectivity index (χ0n) is 13.6. The van der Waals surface area contributed by atoms with E-state index < -0.39 is 16.3 Å². The molecule has 0 radical (unpaired) electrons. The maximum atomic E-state index is 12.5. The van der Waals surface area contributed by atoms with Gasteiger partial charge in [-0.15, -0.1) is 0 Å². The van der Waals surface area contributed by atoms with Gasteiger partial charge in [-0.2, -0.15) is 22.4 Å². The van der Waals surface area contributed by atoms with Crippen molar-refractivity contribution in [3.8, 4) is 11.4 Å². The van der Waals surface area contributed by atoms with Crippen LogP contribution in [0, 0.1) is 0 Å². The number of rotatable bonds is 5. The van der Waals surface area contributed by atoms with Gasteiger partial charge in [0.25, 0.3) is 10.2 Å². The molecule has 0 bridgehead atoms. The minimum Gasteiger partial charge on any atom is -0.337 e. The molecule has 3 heterocycles. The summed E-state index contributed by atoms with van der Waals surface area (Å²) in [6.07, 6.45) is 7.20. The van der Waals surface area contributed by atoms with Crippen LogP contribution in [-0.2, 0) is 10.2 Å². The van der Waals surface area contributed by atoms with Gasteiger partial charge in [-0.05, 0) is 31.9 Å². The van der Waals surface area contributed by atoms with Crippen LogP contribution in [0.5, 0.6) is 0 Å². The first-order valence-corrected chi connectivity index (χ1v) is 9.52. The molecule has 2 aromatic rings. The number of aromatic nitrogens is 3. The fourth-order valence-electron chi connectivity index (χ4n) is 2.65. The third-order valence-corrected chi connectivity index (χ3v) is 5.66. The average molecular weight is 351 g/mol. The molecule has 24 heavy (non-hydrogen) atoms. The molecule has 0 saturated carbocycles. The van der Waals surface area contributed by atoms with Gasteiger partial charge in [0.1, 0.15) is 0 Å². The predicted octanol–water partition coefficient (Wildman–Crippen LogP) is 1.90. The largest absolute Gasteiger partial charge is 0.337 e. The zero-order chi connectivity index (χ0) is 17.0. The molecule has 1 fully saturated rings. The monoisotopic (exact) mass is 351 g/mol. The lowest BCUT2D eigenvalue weighted by atomic mass is 10.2. The Balaban J connectivity index is 1.70. The molecular formula is C15H21N5O3S. The minimum absolute atomic E-state index is 0.229. The Kier molecular flexibility index (Phi) is 5.22. The lowest BCUT2D eigenvalue weighted by Crippen LogP contribution is -2.42. The Morgan fingerprint density at radius 3 is 2.67 bits per heavy atom. The van der Waals surface area contributed by atoms with Crippen LogP contribution in [-0.4, -0.2) is 40.9 Å². The maximum absolute atomic E-state index is 12.5. The number of pyridine rings is 1. The lowest BCUT2D eigenvalue weighted by molar-refractivity contribution is 0.346. The molecule has 130 valence electrons. The summed E-state index contributed by atoms with van der Waals surface area (Å²) in [5.74, 6) is 0.617. The summed E-state index contributed by atoms with van der Waals surface area (Å²) in [5.41, 5.74) is 0.718. The van der Waals surface area contributed by atoms with E-state index in [1.165, 1.54) is 4.31 Å². The Labute approximate surface area is 141 Å². The first-order chi connectivity index (χ1) is 11.6. The average Bonchev–Trinajstić information content (AvgIpc) is 2.90. The molecule has 0 amide bonds. The van der Waals surface area contributed by atoms with Gasteiger partial charge in [-0.1, -0.05) is 18.0 Å². The second-order valence-electron chi connectivity index (χ2n) is 5.86. The van der Waals surface area contributed by atoms with E-state index in [0.717, 1.165) is 31.2 Å². The van der Waals surface area contributed by atoms with Crippen LogP contribution in [0.2, 0.25) is 0 Å². The summed E-state index contributed by atoms with van der Waals surface area (Å²) < 4.78 is 34.3. The predicted molar refractivity (Wildman–Crippen MR) is 88.0 cm³/mol. The van der Waals surface area contributed by atoms with Gasteiger partial charge >= 0.3 is 0 Å². The van der Waals surface area contributed by atoms with Crippen molar-refractivity contribution >= 4 is 10.2 Å². The summed E-state index contributed by atoms with van der Waals surface area (Å²) in [6, 6.07) is 2.99. The molecule has 1 saturated heterocycles. The molecule has 1 aliphatic rings. The van der Waals surface area contributed by atoms with Crippen molar-refractivity contribution in [2.24, 2.45) is 0 Å². The Hall–Kier alpha value is -1.84. The summed E-state index contributed by atoms with van der Waals surface area (Å²) in [6.45, 7) is 2.79. The molecule has 2 aromatic heterocycles. The fourth-order valence-corrected chi connectivity index (χ4v) is 4.09. The van der Waals surface area contributed by atoms with Crippen LogP contribution in [0.3, 0.4) is 0 Å². The molecule has 0 aliphatic carbocycles. The van der Waals surface area contributed by atoms with Crippen LogP contribution in [0.15, 0.2) is 29.0 Å². The van der Waals surface area contributed by atoms with Gasteiger partial charge in [0.05, 0.1) is 6.04 Å². The highest BCUT2D eigenvalue weighted by Crippen LogP contribution is 2.19. The zero-order valence-corrected chi connectivity index (χ0v) is 14.4. The van der Waals surface area contributed by atoms with Crippen molar-refractivity contribution in [2.75, 3.05) is 13.1 Å². The number of nitrogens with zero attached hydrogens (tertiary/aromatic N) is 4. The first-order valence-electron chi connectivity index (χ1n) is 8.08. The van der Waals surface area contributed by atoms with Gasteiger partial charge in [-0.3, -0.25) is 4.98 Å². The smallest absolute Gasteiger partial charge is 0.280 e. The molecule has 1 aliphatic heterocycles. The van der Waals surface area contributed by atoms with Crippen molar-refractivity contribution in [1.82, 2.24) is 24.2 Å². The highest BCUT2D eigenvalue weighted by Gasteiger charge is 2.27. The van der Waals surface area contributed by atoms with Crippen LogP contribution in [0.1, 0.15) is 44.5 Å². The van der Waals surface area contributed by atoms with E-state index in [-0.39, 0.29) is 5.89 Å². The summed E-state index contributed by atoms with van der Waals surface area (Å²) in [4.78, 5) is 8.27. The topological polar surface area (TPSA) is 101 Å². The maximum Gasteiger partial charge on any atom is 0.280 e. The van der Waals surface area contributed by atoms with Gasteiger partial charge in [0.15, 0.2) is 0 Å². The SMILES string of the molecule is CC(NS(=O)(=O)N1CCCCCC1)c1nc(-c2cccnc2)no1.